The highest BCUT2D eigenvalue weighted by Crippen LogP contribution is 2.24. The number of anilines is 1. The minimum atomic E-state index is 0.0312. The van der Waals surface area contributed by atoms with E-state index in [1.165, 1.54) is 11.5 Å². The highest BCUT2D eigenvalue weighted by molar-refractivity contribution is 7.09. The molecule has 0 aromatic carbocycles. The van der Waals surface area contributed by atoms with Crippen molar-refractivity contribution in [3.05, 3.63) is 5.82 Å². The van der Waals surface area contributed by atoms with E-state index in [4.69, 9.17) is 5.73 Å². The molecule has 1 heterocycles. The molecule has 15 heavy (non-hydrogen) atoms. The summed E-state index contributed by atoms with van der Waals surface area (Å²) in [6.45, 7) is 8.03. The number of aromatic nitrogens is 2. The van der Waals surface area contributed by atoms with Crippen molar-refractivity contribution < 1.29 is 0 Å². The summed E-state index contributed by atoms with van der Waals surface area (Å²) in [4.78, 5) is 6.64. The molecule has 0 aliphatic rings. The first-order chi connectivity index (χ1) is 6.95. The molecule has 0 fully saturated rings. The van der Waals surface area contributed by atoms with Crippen LogP contribution < -0.4 is 10.6 Å². The van der Waals surface area contributed by atoms with Crippen LogP contribution in [0.2, 0.25) is 0 Å². The lowest BCUT2D eigenvalue weighted by atomic mass is 9.96. The Morgan fingerprint density at radius 3 is 2.53 bits per heavy atom. The molecule has 1 rings (SSSR count). The number of hydrogen-bond donors (Lipinski definition) is 1. The van der Waals surface area contributed by atoms with Gasteiger partial charge < -0.3 is 10.6 Å². The molecule has 0 amide bonds. The van der Waals surface area contributed by atoms with Crippen LogP contribution in [0.25, 0.3) is 0 Å². The highest BCUT2D eigenvalue weighted by atomic mass is 32.1. The molecule has 5 heteroatoms. The standard InChI is InChI=1S/C10H20N4S/c1-10(2,3)8-12-9(15-13-8)14(4)7-5-6-11/h5-7,11H2,1-4H3. The summed E-state index contributed by atoms with van der Waals surface area (Å²) < 4.78 is 4.37. The van der Waals surface area contributed by atoms with Crippen LogP contribution in [0.1, 0.15) is 33.0 Å². The van der Waals surface area contributed by atoms with Crippen molar-refractivity contribution in [2.45, 2.75) is 32.6 Å². The minimum absolute atomic E-state index is 0.0312. The number of rotatable bonds is 4. The Hall–Kier alpha value is -0.680. The summed E-state index contributed by atoms with van der Waals surface area (Å²) in [6, 6.07) is 0. The topological polar surface area (TPSA) is 55.0 Å². The minimum Gasteiger partial charge on any atom is -0.350 e. The van der Waals surface area contributed by atoms with Crippen molar-refractivity contribution in [2.75, 3.05) is 25.0 Å². The van der Waals surface area contributed by atoms with E-state index in [1.807, 2.05) is 7.05 Å². The van der Waals surface area contributed by atoms with Gasteiger partial charge in [0.05, 0.1) is 0 Å². The van der Waals surface area contributed by atoms with Gasteiger partial charge in [-0.15, -0.1) is 0 Å². The smallest absolute Gasteiger partial charge is 0.204 e. The Balaban J connectivity index is 2.67. The lowest BCUT2D eigenvalue weighted by Gasteiger charge is -2.15. The van der Waals surface area contributed by atoms with Crippen LogP contribution in [0.4, 0.5) is 5.13 Å². The van der Waals surface area contributed by atoms with Crippen molar-refractivity contribution in [3.8, 4) is 0 Å². The zero-order valence-corrected chi connectivity index (χ0v) is 10.8. The Kier molecular flexibility index (Phi) is 4.04. The zero-order valence-electron chi connectivity index (χ0n) is 9.95. The van der Waals surface area contributed by atoms with E-state index in [2.05, 4.69) is 35.0 Å². The van der Waals surface area contributed by atoms with Gasteiger partial charge in [0.1, 0.15) is 5.82 Å². The van der Waals surface area contributed by atoms with Gasteiger partial charge in [0.2, 0.25) is 5.13 Å². The molecule has 0 radical (unpaired) electrons. The molecular formula is C10H20N4S. The SMILES string of the molecule is CN(CCCN)c1nc(C(C)(C)C)ns1. The van der Waals surface area contributed by atoms with Crippen molar-refractivity contribution in [3.63, 3.8) is 0 Å². The summed E-state index contributed by atoms with van der Waals surface area (Å²) in [7, 11) is 2.03. The van der Waals surface area contributed by atoms with E-state index < -0.39 is 0 Å². The van der Waals surface area contributed by atoms with E-state index in [1.54, 1.807) is 0 Å². The third kappa shape index (κ3) is 3.43. The van der Waals surface area contributed by atoms with Gasteiger partial charge in [-0.05, 0) is 13.0 Å². The van der Waals surface area contributed by atoms with Crippen molar-refractivity contribution in [1.29, 1.82) is 0 Å². The number of nitrogens with two attached hydrogens (primary N) is 1. The van der Waals surface area contributed by atoms with Crippen LogP contribution in [-0.4, -0.2) is 29.5 Å². The summed E-state index contributed by atoms with van der Waals surface area (Å²) in [5, 5.41) is 0.980. The third-order valence-corrected chi connectivity index (χ3v) is 2.94. The number of hydrogen-bond acceptors (Lipinski definition) is 5. The molecule has 86 valence electrons. The highest BCUT2D eigenvalue weighted by Gasteiger charge is 2.20. The molecule has 4 nitrogen and oxygen atoms in total. The van der Waals surface area contributed by atoms with Gasteiger partial charge in [0.25, 0.3) is 0 Å². The average molecular weight is 228 g/mol. The Labute approximate surface area is 95.7 Å². The summed E-state index contributed by atoms with van der Waals surface area (Å²) in [5.74, 6) is 0.919. The van der Waals surface area contributed by atoms with Gasteiger partial charge in [-0.1, -0.05) is 20.8 Å². The second-order valence-electron chi connectivity index (χ2n) is 4.71. The quantitative estimate of drug-likeness (QED) is 0.851. The molecule has 0 aliphatic heterocycles. The van der Waals surface area contributed by atoms with Crippen LogP contribution >= 0.6 is 11.5 Å². The molecule has 0 saturated heterocycles. The first kappa shape index (κ1) is 12.4. The maximum absolute atomic E-state index is 5.47. The maximum Gasteiger partial charge on any atom is 0.204 e. The van der Waals surface area contributed by atoms with Crippen molar-refractivity contribution in [2.24, 2.45) is 5.73 Å². The fourth-order valence-electron chi connectivity index (χ4n) is 1.10. The van der Waals surface area contributed by atoms with Crippen LogP contribution in [0.15, 0.2) is 0 Å². The van der Waals surface area contributed by atoms with Crippen LogP contribution in [0.3, 0.4) is 0 Å². The lowest BCUT2D eigenvalue weighted by Crippen LogP contribution is -2.21. The second kappa shape index (κ2) is 4.90. The summed E-state index contributed by atoms with van der Waals surface area (Å²) in [6.07, 6.45) is 0.987. The average Bonchev–Trinajstić information content (AvgIpc) is 2.62. The summed E-state index contributed by atoms with van der Waals surface area (Å²) in [5.41, 5.74) is 5.50. The summed E-state index contributed by atoms with van der Waals surface area (Å²) >= 11 is 1.46. The molecule has 1 aromatic rings. The van der Waals surface area contributed by atoms with Gasteiger partial charge >= 0.3 is 0 Å². The molecular weight excluding hydrogens is 208 g/mol. The predicted octanol–water partition coefficient (Wildman–Crippen LogP) is 1.62. The van der Waals surface area contributed by atoms with Gasteiger partial charge in [-0.3, -0.25) is 0 Å². The normalized spacial score (nSPS) is 11.8. The molecule has 2 N–H and O–H groups in total. The van der Waals surface area contributed by atoms with Gasteiger partial charge in [-0.2, -0.15) is 4.37 Å². The molecule has 0 saturated carbocycles. The van der Waals surface area contributed by atoms with Crippen LogP contribution in [0.5, 0.6) is 0 Å². The lowest BCUT2D eigenvalue weighted by molar-refractivity contribution is 0.554. The third-order valence-electron chi connectivity index (χ3n) is 2.11. The van der Waals surface area contributed by atoms with Crippen molar-refractivity contribution in [1.82, 2.24) is 9.36 Å². The first-order valence-corrected chi connectivity index (χ1v) is 5.98. The largest absolute Gasteiger partial charge is 0.350 e. The zero-order chi connectivity index (χ0) is 11.5. The monoisotopic (exact) mass is 228 g/mol. The van der Waals surface area contributed by atoms with E-state index in [0.29, 0.717) is 0 Å². The van der Waals surface area contributed by atoms with Crippen molar-refractivity contribution >= 4 is 16.7 Å². The first-order valence-electron chi connectivity index (χ1n) is 5.20. The van der Waals surface area contributed by atoms with E-state index in [0.717, 1.165) is 30.5 Å². The van der Waals surface area contributed by atoms with Crippen LogP contribution in [-0.2, 0) is 5.41 Å². The molecule has 0 bridgehead atoms. The number of nitrogens with zero attached hydrogens (tertiary/aromatic N) is 3. The molecule has 0 unspecified atom stereocenters. The van der Waals surface area contributed by atoms with Crippen LogP contribution in [0, 0.1) is 0 Å². The molecule has 1 aromatic heterocycles. The Bertz CT molecular complexity index is 303. The maximum atomic E-state index is 5.47. The second-order valence-corrected chi connectivity index (χ2v) is 5.44. The van der Waals surface area contributed by atoms with E-state index in [9.17, 15) is 0 Å². The Morgan fingerprint density at radius 2 is 2.07 bits per heavy atom. The van der Waals surface area contributed by atoms with Gasteiger partial charge in [0, 0.05) is 30.5 Å². The van der Waals surface area contributed by atoms with E-state index in [-0.39, 0.29) is 5.41 Å². The molecule has 0 atom stereocenters. The molecule has 0 aliphatic carbocycles. The van der Waals surface area contributed by atoms with Gasteiger partial charge in [0.15, 0.2) is 0 Å². The fraction of sp³-hybridized carbons (Fsp3) is 0.800. The van der Waals surface area contributed by atoms with E-state index >= 15 is 0 Å². The predicted molar refractivity (Wildman–Crippen MR) is 65.6 cm³/mol. The molecule has 0 spiro atoms. The Morgan fingerprint density at radius 1 is 1.40 bits per heavy atom. The van der Waals surface area contributed by atoms with Gasteiger partial charge in [-0.25, -0.2) is 4.98 Å². The fourth-order valence-corrected chi connectivity index (χ4v) is 1.94.